The molecule has 0 spiro atoms. The molecule has 19 heavy (non-hydrogen) atoms. The van der Waals surface area contributed by atoms with Crippen molar-refractivity contribution in [3.63, 3.8) is 0 Å². The lowest BCUT2D eigenvalue weighted by atomic mass is 10.3. The monoisotopic (exact) mass is 412 g/mol. The Morgan fingerprint density at radius 1 is 1.37 bits per heavy atom. The molecule has 1 heterocycles. The third kappa shape index (κ3) is 4.56. The summed E-state index contributed by atoms with van der Waals surface area (Å²) in [5.74, 6) is 1.53. The Bertz CT molecular complexity index is 460. The van der Waals surface area contributed by atoms with E-state index >= 15 is 0 Å². The number of hydrogen-bond donors (Lipinski definition) is 1. The van der Waals surface area contributed by atoms with E-state index in [0.29, 0.717) is 18.0 Å². The predicted octanol–water partition coefficient (Wildman–Crippen LogP) is 3.40. The van der Waals surface area contributed by atoms with Crippen LogP contribution in [0.15, 0.2) is 33.1 Å². The summed E-state index contributed by atoms with van der Waals surface area (Å²) in [5.41, 5.74) is 6.47. The Morgan fingerprint density at radius 2 is 2.00 bits per heavy atom. The molecular weight excluding hydrogens is 399 g/mol. The zero-order valence-electron chi connectivity index (χ0n) is 10.4. The Morgan fingerprint density at radius 3 is 2.58 bits per heavy atom. The van der Waals surface area contributed by atoms with Crippen molar-refractivity contribution in [2.75, 3.05) is 32.5 Å². The van der Waals surface area contributed by atoms with Gasteiger partial charge in [-0.3, -0.25) is 4.90 Å². The van der Waals surface area contributed by atoms with Crippen molar-refractivity contribution in [3.05, 3.63) is 33.1 Å². The maximum atomic E-state index is 5.81. The van der Waals surface area contributed by atoms with Crippen LogP contribution in [0.5, 0.6) is 5.75 Å². The first-order valence-corrected chi connectivity index (χ1v) is 7.06. The molecule has 1 aromatic rings. The van der Waals surface area contributed by atoms with Crippen LogP contribution < -0.4 is 10.5 Å². The van der Waals surface area contributed by atoms with E-state index in [2.05, 4.69) is 36.8 Å². The van der Waals surface area contributed by atoms with Gasteiger partial charge in [0.15, 0.2) is 0 Å². The molecule has 2 rings (SSSR count). The number of nitrogens with zero attached hydrogens (tertiary/aromatic N) is 1. The van der Waals surface area contributed by atoms with Crippen LogP contribution >= 0.6 is 44.3 Å². The first-order valence-electron chi connectivity index (χ1n) is 5.48. The lowest BCUT2D eigenvalue weighted by Gasteiger charge is -2.24. The van der Waals surface area contributed by atoms with Crippen LogP contribution in [0.2, 0.25) is 0 Å². The third-order valence-electron chi connectivity index (χ3n) is 2.57. The SMILES string of the molecule is CN1CCOC(=COc2cc(Br)c(N)c(Br)c2)C1.Cl. The van der Waals surface area contributed by atoms with E-state index in [1.165, 1.54) is 0 Å². The van der Waals surface area contributed by atoms with E-state index in [9.17, 15) is 0 Å². The summed E-state index contributed by atoms with van der Waals surface area (Å²) < 4.78 is 12.7. The molecule has 0 saturated carbocycles. The van der Waals surface area contributed by atoms with Gasteiger partial charge in [0.2, 0.25) is 0 Å². The molecule has 0 bridgehead atoms. The van der Waals surface area contributed by atoms with Crippen LogP contribution in [0.25, 0.3) is 0 Å². The van der Waals surface area contributed by atoms with Crippen molar-refractivity contribution in [2.45, 2.75) is 0 Å². The fourth-order valence-electron chi connectivity index (χ4n) is 1.56. The van der Waals surface area contributed by atoms with Crippen molar-refractivity contribution in [2.24, 2.45) is 0 Å². The molecule has 4 nitrogen and oxygen atoms in total. The fourth-order valence-corrected chi connectivity index (χ4v) is 2.70. The highest BCUT2D eigenvalue weighted by Crippen LogP contribution is 2.33. The van der Waals surface area contributed by atoms with Gasteiger partial charge < -0.3 is 15.2 Å². The number of hydrogen-bond acceptors (Lipinski definition) is 4. The van der Waals surface area contributed by atoms with Crippen molar-refractivity contribution in [1.29, 1.82) is 0 Å². The second-order valence-electron chi connectivity index (χ2n) is 4.09. The molecule has 1 aliphatic rings. The Labute approximate surface area is 135 Å². The first kappa shape index (κ1) is 16.6. The Hall–Kier alpha value is -0.430. The second-order valence-corrected chi connectivity index (χ2v) is 5.80. The van der Waals surface area contributed by atoms with E-state index in [1.807, 2.05) is 19.2 Å². The zero-order chi connectivity index (χ0) is 13.1. The molecule has 0 aliphatic carbocycles. The van der Waals surface area contributed by atoms with Crippen molar-refractivity contribution >= 4 is 50.0 Å². The van der Waals surface area contributed by atoms with Gasteiger partial charge in [0, 0.05) is 15.5 Å². The van der Waals surface area contributed by atoms with Crippen LogP contribution in [0.3, 0.4) is 0 Å². The lowest BCUT2D eigenvalue weighted by Crippen LogP contribution is -2.31. The smallest absolute Gasteiger partial charge is 0.145 e. The number of likely N-dealkylation sites (N-methyl/N-ethyl adjacent to an activating group) is 1. The number of benzene rings is 1. The predicted molar refractivity (Wildman–Crippen MR) is 85.7 cm³/mol. The molecule has 1 saturated heterocycles. The number of anilines is 1. The highest BCUT2D eigenvalue weighted by atomic mass is 79.9. The van der Waals surface area contributed by atoms with Gasteiger partial charge in [-0.2, -0.15) is 0 Å². The summed E-state index contributed by atoms with van der Waals surface area (Å²) in [7, 11) is 2.05. The molecule has 1 fully saturated rings. The average Bonchev–Trinajstić information content (AvgIpc) is 2.33. The maximum Gasteiger partial charge on any atom is 0.145 e. The van der Waals surface area contributed by atoms with Gasteiger partial charge >= 0.3 is 0 Å². The lowest BCUT2D eigenvalue weighted by molar-refractivity contribution is 0.104. The number of morpholine rings is 1. The molecule has 0 amide bonds. The molecule has 0 unspecified atom stereocenters. The molecule has 106 valence electrons. The Balaban J connectivity index is 0.00000180. The number of ether oxygens (including phenoxy) is 2. The summed E-state index contributed by atoms with van der Waals surface area (Å²) in [4.78, 5) is 2.17. The summed E-state index contributed by atoms with van der Waals surface area (Å²) in [5, 5.41) is 0. The fraction of sp³-hybridized carbons (Fsp3) is 0.333. The van der Waals surface area contributed by atoms with Crippen LogP contribution in [-0.4, -0.2) is 31.6 Å². The normalized spacial score (nSPS) is 17.7. The molecule has 1 aliphatic heterocycles. The number of nitrogens with two attached hydrogens (primary N) is 1. The third-order valence-corrected chi connectivity index (χ3v) is 3.88. The quantitative estimate of drug-likeness (QED) is 0.595. The molecule has 2 N–H and O–H groups in total. The van der Waals surface area contributed by atoms with Gasteiger partial charge in [-0.15, -0.1) is 12.4 Å². The van der Waals surface area contributed by atoms with Gasteiger partial charge in [0.1, 0.15) is 24.4 Å². The highest BCUT2D eigenvalue weighted by Gasteiger charge is 2.11. The Kier molecular flexibility index (Phi) is 6.46. The topological polar surface area (TPSA) is 47.7 Å². The van der Waals surface area contributed by atoms with E-state index in [-0.39, 0.29) is 12.4 Å². The van der Waals surface area contributed by atoms with Crippen molar-refractivity contribution < 1.29 is 9.47 Å². The van der Waals surface area contributed by atoms with Crippen LogP contribution in [0, 0.1) is 0 Å². The average molecular weight is 415 g/mol. The van der Waals surface area contributed by atoms with E-state index in [1.54, 1.807) is 6.26 Å². The molecule has 0 radical (unpaired) electrons. The molecule has 0 atom stereocenters. The van der Waals surface area contributed by atoms with E-state index in [0.717, 1.165) is 27.8 Å². The zero-order valence-corrected chi connectivity index (χ0v) is 14.3. The van der Waals surface area contributed by atoms with E-state index in [4.69, 9.17) is 15.2 Å². The van der Waals surface area contributed by atoms with Gasteiger partial charge in [0.25, 0.3) is 0 Å². The minimum Gasteiger partial charge on any atom is -0.492 e. The molecule has 1 aromatic carbocycles. The van der Waals surface area contributed by atoms with Gasteiger partial charge in [-0.1, -0.05) is 0 Å². The summed E-state index contributed by atoms with van der Waals surface area (Å²) in [6.07, 6.45) is 1.64. The van der Waals surface area contributed by atoms with Crippen LogP contribution in [-0.2, 0) is 4.74 Å². The standard InChI is InChI=1S/C12H14Br2N2O2.ClH/c1-16-2-3-17-9(6-16)7-18-8-4-10(13)12(15)11(14)5-8;/h4-5,7H,2-3,6,15H2,1H3;1H. The summed E-state index contributed by atoms with van der Waals surface area (Å²) in [6, 6.07) is 3.65. The minimum atomic E-state index is 0. The number of rotatable bonds is 2. The van der Waals surface area contributed by atoms with Crippen LogP contribution in [0.1, 0.15) is 0 Å². The maximum absolute atomic E-state index is 5.81. The first-order chi connectivity index (χ1) is 8.56. The highest BCUT2D eigenvalue weighted by molar-refractivity contribution is 9.11. The van der Waals surface area contributed by atoms with Crippen LogP contribution in [0.4, 0.5) is 5.69 Å². The van der Waals surface area contributed by atoms with Crippen molar-refractivity contribution in [3.8, 4) is 5.75 Å². The minimum absolute atomic E-state index is 0. The van der Waals surface area contributed by atoms with Gasteiger partial charge in [0.05, 0.1) is 12.2 Å². The largest absolute Gasteiger partial charge is 0.492 e. The summed E-state index contributed by atoms with van der Waals surface area (Å²) in [6.45, 7) is 2.40. The molecular formula is C12H15Br2ClN2O2. The van der Waals surface area contributed by atoms with Gasteiger partial charge in [-0.05, 0) is 51.0 Å². The second kappa shape index (κ2) is 7.38. The molecule has 7 heteroatoms. The van der Waals surface area contributed by atoms with Gasteiger partial charge in [-0.25, -0.2) is 0 Å². The number of nitrogen functional groups attached to an aromatic ring is 1. The van der Waals surface area contributed by atoms with E-state index < -0.39 is 0 Å². The number of halogens is 3. The molecule has 0 aromatic heterocycles. The van der Waals surface area contributed by atoms with Crippen molar-refractivity contribution in [1.82, 2.24) is 4.90 Å². The summed E-state index contributed by atoms with van der Waals surface area (Å²) >= 11 is 6.75.